The Hall–Kier alpha value is -3.42. The van der Waals surface area contributed by atoms with Gasteiger partial charge in [0.25, 0.3) is 5.91 Å². The Morgan fingerprint density at radius 3 is 2.61 bits per heavy atom. The number of ether oxygens (including phenoxy) is 2. The summed E-state index contributed by atoms with van der Waals surface area (Å²) >= 11 is 0. The molecule has 33 heavy (non-hydrogen) atoms. The number of nitrogens with one attached hydrogen (secondary N) is 1. The number of halogens is 1. The predicted molar refractivity (Wildman–Crippen MR) is 114 cm³/mol. The van der Waals surface area contributed by atoms with Gasteiger partial charge in [-0.15, -0.1) is 5.10 Å². The summed E-state index contributed by atoms with van der Waals surface area (Å²) in [6, 6.07) is 8.06. The molecule has 1 aliphatic heterocycles. The Kier molecular flexibility index (Phi) is 6.35. The number of carbonyl (C=O) groups is 1. The molecule has 0 saturated carbocycles. The molecule has 1 fully saturated rings. The minimum absolute atomic E-state index is 0.0561. The first-order valence-corrected chi connectivity index (χ1v) is 11.4. The van der Waals surface area contributed by atoms with Gasteiger partial charge in [-0.25, -0.2) is 12.8 Å². The summed E-state index contributed by atoms with van der Waals surface area (Å²) in [5.41, 5.74) is 0.424. The van der Waals surface area contributed by atoms with Crippen molar-refractivity contribution in [1.82, 2.24) is 24.5 Å². The maximum Gasteiger partial charge on any atom is 0.255 e. The van der Waals surface area contributed by atoms with Gasteiger partial charge in [0.15, 0.2) is 5.82 Å². The lowest BCUT2D eigenvalue weighted by Crippen LogP contribution is -2.40. The van der Waals surface area contributed by atoms with Gasteiger partial charge in [0.1, 0.15) is 22.1 Å². The third-order valence-corrected chi connectivity index (χ3v) is 6.99. The molecule has 0 unspecified atom stereocenters. The highest BCUT2D eigenvalue weighted by atomic mass is 32.2. The number of amides is 1. The van der Waals surface area contributed by atoms with E-state index in [1.165, 1.54) is 52.5 Å². The van der Waals surface area contributed by atoms with Crippen LogP contribution in [0.5, 0.6) is 5.75 Å². The van der Waals surface area contributed by atoms with Gasteiger partial charge in [-0.3, -0.25) is 4.79 Å². The van der Waals surface area contributed by atoms with Crippen LogP contribution in [-0.2, 0) is 14.8 Å². The molecule has 0 radical (unpaired) electrons. The lowest BCUT2D eigenvalue weighted by molar-refractivity contribution is 0.0729. The van der Waals surface area contributed by atoms with Crippen LogP contribution >= 0.6 is 0 Å². The normalized spacial score (nSPS) is 14.8. The van der Waals surface area contributed by atoms with Gasteiger partial charge in [0.05, 0.1) is 20.3 Å². The number of hydrogen-bond acceptors (Lipinski definition) is 8. The first-order chi connectivity index (χ1) is 15.8. The zero-order valence-corrected chi connectivity index (χ0v) is 18.7. The zero-order valence-electron chi connectivity index (χ0n) is 17.9. The molecule has 1 amide bonds. The van der Waals surface area contributed by atoms with Crippen LogP contribution in [0.2, 0.25) is 0 Å². The summed E-state index contributed by atoms with van der Waals surface area (Å²) in [4.78, 5) is 12.8. The van der Waals surface area contributed by atoms with Crippen molar-refractivity contribution in [3.05, 3.63) is 53.6 Å². The molecule has 2 aromatic carbocycles. The van der Waals surface area contributed by atoms with E-state index in [1.807, 2.05) is 0 Å². The maximum atomic E-state index is 14.3. The molecule has 0 atom stereocenters. The van der Waals surface area contributed by atoms with Crippen LogP contribution in [0, 0.1) is 12.7 Å². The van der Waals surface area contributed by atoms with Gasteiger partial charge >= 0.3 is 0 Å². The summed E-state index contributed by atoms with van der Waals surface area (Å²) in [6.07, 6.45) is 0. The van der Waals surface area contributed by atoms with E-state index in [-0.39, 0.29) is 53.9 Å². The Balaban J connectivity index is 1.63. The van der Waals surface area contributed by atoms with Crippen molar-refractivity contribution in [3.63, 3.8) is 0 Å². The Bertz CT molecular complexity index is 1290. The standard InChI is InChI=1S/C20H21FN6O5S/c1-13-23-24-25-27(13)17-12-15(4-5-16(17)21)22-20(28)14-3-6-18(31-2)19(11-14)33(29,30)26-7-9-32-10-8-26/h3-6,11-12H,7-10H2,1-2H3,(H,22,28). The lowest BCUT2D eigenvalue weighted by atomic mass is 10.2. The van der Waals surface area contributed by atoms with Crippen molar-refractivity contribution in [2.75, 3.05) is 38.7 Å². The molecule has 0 bridgehead atoms. The molecule has 0 aliphatic carbocycles. The number of methoxy groups -OCH3 is 1. The van der Waals surface area contributed by atoms with Crippen LogP contribution in [0.25, 0.3) is 5.69 Å². The molecular weight excluding hydrogens is 455 g/mol. The number of benzene rings is 2. The van der Waals surface area contributed by atoms with Crippen molar-refractivity contribution in [1.29, 1.82) is 0 Å². The van der Waals surface area contributed by atoms with Crippen molar-refractivity contribution < 1.29 is 27.1 Å². The van der Waals surface area contributed by atoms with Crippen LogP contribution in [0.3, 0.4) is 0 Å². The number of morpholine rings is 1. The molecule has 1 aliphatic rings. The van der Waals surface area contributed by atoms with E-state index in [9.17, 15) is 17.6 Å². The fourth-order valence-electron chi connectivity index (χ4n) is 3.36. The monoisotopic (exact) mass is 476 g/mol. The van der Waals surface area contributed by atoms with E-state index in [1.54, 1.807) is 6.92 Å². The van der Waals surface area contributed by atoms with Crippen molar-refractivity contribution >= 4 is 21.6 Å². The second-order valence-corrected chi connectivity index (χ2v) is 9.05. The molecule has 1 aromatic heterocycles. The van der Waals surface area contributed by atoms with E-state index in [2.05, 4.69) is 20.8 Å². The largest absolute Gasteiger partial charge is 0.495 e. The van der Waals surface area contributed by atoms with Crippen LogP contribution in [0.1, 0.15) is 16.2 Å². The molecular formula is C20H21FN6O5S. The minimum atomic E-state index is -3.91. The van der Waals surface area contributed by atoms with Gasteiger partial charge in [-0.2, -0.15) is 8.99 Å². The first-order valence-electron chi connectivity index (χ1n) is 9.93. The number of carbonyl (C=O) groups excluding carboxylic acids is 1. The van der Waals surface area contributed by atoms with Crippen LogP contribution in [0.15, 0.2) is 41.3 Å². The molecule has 4 rings (SSSR count). The van der Waals surface area contributed by atoms with E-state index < -0.39 is 21.7 Å². The SMILES string of the molecule is COc1ccc(C(=O)Nc2ccc(F)c(-n3nnnc3C)c2)cc1S(=O)(=O)N1CCOCC1. The summed E-state index contributed by atoms with van der Waals surface area (Å²) in [6.45, 7) is 2.59. The summed E-state index contributed by atoms with van der Waals surface area (Å²) < 4.78 is 53.5. The summed E-state index contributed by atoms with van der Waals surface area (Å²) in [5, 5.41) is 13.6. The van der Waals surface area contributed by atoms with Gasteiger partial charge in [0.2, 0.25) is 10.0 Å². The van der Waals surface area contributed by atoms with E-state index in [4.69, 9.17) is 9.47 Å². The molecule has 1 N–H and O–H groups in total. The van der Waals surface area contributed by atoms with Gasteiger partial charge < -0.3 is 14.8 Å². The summed E-state index contributed by atoms with van der Waals surface area (Å²) in [7, 11) is -2.55. The number of nitrogens with zero attached hydrogens (tertiary/aromatic N) is 5. The van der Waals surface area contributed by atoms with Crippen molar-refractivity contribution in [2.24, 2.45) is 0 Å². The van der Waals surface area contributed by atoms with Crippen LogP contribution in [-0.4, -0.2) is 72.3 Å². The van der Waals surface area contributed by atoms with Crippen molar-refractivity contribution in [3.8, 4) is 11.4 Å². The number of aromatic nitrogens is 4. The Labute approximate surface area is 189 Å². The predicted octanol–water partition coefficient (Wildman–Crippen LogP) is 1.39. The lowest BCUT2D eigenvalue weighted by Gasteiger charge is -2.26. The Morgan fingerprint density at radius 2 is 1.94 bits per heavy atom. The second kappa shape index (κ2) is 9.21. The highest BCUT2D eigenvalue weighted by Gasteiger charge is 2.30. The van der Waals surface area contributed by atoms with Gasteiger partial charge in [0, 0.05) is 24.3 Å². The summed E-state index contributed by atoms with van der Waals surface area (Å²) in [5.74, 6) is -0.671. The number of hydrogen-bond donors (Lipinski definition) is 1. The average molecular weight is 476 g/mol. The molecule has 3 aromatic rings. The van der Waals surface area contributed by atoms with E-state index in [0.29, 0.717) is 5.82 Å². The molecule has 2 heterocycles. The number of aryl methyl sites for hydroxylation is 1. The van der Waals surface area contributed by atoms with Gasteiger partial charge in [-0.1, -0.05) is 0 Å². The average Bonchev–Trinajstić information content (AvgIpc) is 3.26. The highest BCUT2D eigenvalue weighted by Crippen LogP contribution is 2.29. The maximum absolute atomic E-state index is 14.3. The molecule has 174 valence electrons. The fourth-order valence-corrected chi connectivity index (χ4v) is 4.95. The van der Waals surface area contributed by atoms with Gasteiger partial charge in [-0.05, 0) is 53.7 Å². The number of tetrazole rings is 1. The molecule has 11 nitrogen and oxygen atoms in total. The third kappa shape index (κ3) is 4.55. The Morgan fingerprint density at radius 1 is 1.18 bits per heavy atom. The zero-order chi connectivity index (χ0) is 23.6. The van der Waals surface area contributed by atoms with E-state index in [0.717, 1.165) is 0 Å². The molecule has 0 spiro atoms. The minimum Gasteiger partial charge on any atom is -0.495 e. The fraction of sp³-hybridized carbons (Fsp3) is 0.300. The quantitative estimate of drug-likeness (QED) is 0.565. The topological polar surface area (TPSA) is 129 Å². The van der Waals surface area contributed by atoms with Crippen LogP contribution in [0.4, 0.5) is 10.1 Å². The van der Waals surface area contributed by atoms with Crippen molar-refractivity contribution in [2.45, 2.75) is 11.8 Å². The van der Waals surface area contributed by atoms with E-state index >= 15 is 0 Å². The second-order valence-electron chi connectivity index (χ2n) is 7.14. The number of anilines is 1. The number of sulfonamides is 1. The smallest absolute Gasteiger partial charge is 0.255 e. The van der Waals surface area contributed by atoms with Crippen LogP contribution < -0.4 is 10.1 Å². The number of rotatable bonds is 6. The molecule has 1 saturated heterocycles. The first kappa shape index (κ1) is 22.8. The molecule has 13 heteroatoms. The highest BCUT2D eigenvalue weighted by molar-refractivity contribution is 7.89. The third-order valence-electron chi connectivity index (χ3n) is 5.07.